The molecule has 0 saturated heterocycles. The smallest absolute Gasteiger partial charge is 0.260 e. The van der Waals surface area contributed by atoms with Crippen LogP contribution in [0.4, 0.5) is 0 Å². The van der Waals surface area contributed by atoms with E-state index in [0.29, 0.717) is 30.5 Å². The molecule has 28 heavy (non-hydrogen) atoms. The maximum atomic E-state index is 12.7. The van der Waals surface area contributed by atoms with E-state index in [-0.39, 0.29) is 24.5 Å². The topological polar surface area (TPSA) is 59.1 Å². The Balaban J connectivity index is 1.50. The van der Waals surface area contributed by atoms with Crippen molar-refractivity contribution in [3.8, 4) is 11.5 Å². The third-order valence-corrected chi connectivity index (χ3v) is 5.81. The molecule has 1 aromatic rings. The van der Waals surface area contributed by atoms with Gasteiger partial charge in [-0.05, 0) is 37.8 Å². The van der Waals surface area contributed by atoms with Crippen LogP contribution in [-0.2, 0) is 9.59 Å². The first-order valence-corrected chi connectivity index (χ1v) is 10.4. The van der Waals surface area contributed by atoms with Gasteiger partial charge in [0.1, 0.15) is 0 Å². The molecule has 2 fully saturated rings. The SMILES string of the molecule is COc1ccccc1OCC(=O)N(CCC(=O)N(C)C1CCCCC1)C1CC1. The molecule has 0 spiro atoms. The van der Waals surface area contributed by atoms with Gasteiger partial charge in [-0.15, -0.1) is 0 Å². The summed E-state index contributed by atoms with van der Waals surface area (Å²) in [6.45, 7) is 0.429. The van der Waals surface area contributed by atoms with Crippen molar-refractivity contribution >= 4 is 11.8 Å². The van der Waals surface area contributed by atoms with E-state index in [1.807, 2.05) is 29.0 Å². The van der Waals surface area contributed by atoms with Crippen molar-refractivity contribution < 1.29 is 19.1 Å². The van der Waals surface area contributed by atoms with Crippen LogP contribution >= 0.6 is 0 Å². The van der Waals surface area contributed by atoms with Crippen molar-refractivity contribution in [3.63, 3.8) is 0 Å². The van der Waals surface area contributed by atoms with Gasteiger partial charge in [0.2, 0.25) is 5.91 Å². The Hall–Kier alpha value is -2.24. The number of ether oxygens (including phenoxy) is 2. The fourth-order valence-corrected chi connectivity index (χ4v) is 3.92. The zero-order chi connectivity index (χ0) is 19.9. The quantitative estimate of drug-likeness (QED) is 0.652. The number of amides is 2. The molecular formula is C22H32N2O4. The minimum absolute atomic E-state index is 0.0382. The first-order valence-electron chi connectivity index (χ1n) is 10.4. The fraction of sp³-hybridized carbons (Fsp3) is 0.636. The molecule has 0 unspecified atom stereocenters. The Morgan fingerprint density at radius 3 is 2.29 bits per heavy atom. The number of methoxy groups -OCH3 is 1. The molecule has 2 saturated carbocycles. The molecule has 0 aliphatic heterocycles. The zero-order valence-corrected chi connectivity index (χ0v) is 17.1. The van der Waals surface area contributed by atoms with Gasteiger partial charge in [0, 0.05) is 32.1 Å². The molecule has 2 aliphatic carbocycles. The molecule has 154 valence electrons. The molecule has 0 N–H and O–H groups in total. The highest BCUT2D eigenvalue weighted by molar-refractivity contribution is 5.80. The number of hydrogen-bond acceptors (Lipinski definition) is 4. The summed E-state index contributed by atoms with van der Waals surface area (Å²) in [7, 11) is 3.49. The molecule has 2 aliphatic rings. The average Bonchev–Trinajstić information content (AvgIpc) is 3.57. The summed E-state index contributed by atoms with van der Waals surface area (Å²) in [5, 5.41) is 0. The van der Waals surface area contributed by atoms with E-state index in [9.17, 15) is 9.59 Å². The Labute approximate surface area is 167 Å². The molecule has 0 atom stereocenters. The van der Waals surface area contributed by atoms with Crippen molar-refractivity contribution in [1.82, 2.24) is 9.80 Å². The predicted octanol–water partition coefficient (Wildman–Crippen LogP) is 3.25. The number of carbonyl (C=O) groups is 2. The number of rotatable bonds is 9. The lowest BCUT2D eigenvalue weighted by Crippen LogP contribution is -2.42. The maximum absolute atomic E-state index is 12.7. The minimum Gasteiger partial charge on any atom is -0.493 e. The van der Waals surface area contributed by atoms with E-state index in [2.05, 4.69) is 0 Å². The second kappa shape index (κ2) is 9.80. The summed E-state index contributed by atoms with van der Waals surface area (Å²) < 4.78 is 10.9. The van der Waals surface area contributed by atoms with Crippen LogP contribution in [0.15, 0.2) is 24.3 Å². The predicted molar refractivity (Wildman–Crippen MR) is 107 cm³/mol. The van der Waals surface area contributed by atoms with Crippen molar-refractivity contribution in [3.05, 3.63) is 24.3 Å². The van der Waals surface area contributed by atoms with Gasteiger partial charge >= 0.3 is 0 Å². The molecular weight excluding hydrogens is 356 g/mol. The molecule has 0 radical (unpaired) electrons. The Morgan fingerprint density at radius 1 is 0.964 bits per heavy atom. The van der Waals surface area contributed by atoms with Gasteiger partial charge in [-0.1, -0.05) is 31.4 Å². The van der Waals surface area contributed by atoms with E-state index < -0.39 is 0 Å². The lowest BCUT2D eigenvalue weighted by Gasteiger charge is -2.32. The lowest BCUT2D eigenvalue weighted by atomic mass is 9.94. The summed E-state index contributed by atoms with van der Waals surface area (Å²) in [5.41, 5.74) is 0. The van der Waals surface area contributed by atoms with Crippen LogP contribution in [-0.4, -0.2) is 61.0 Å². The number of nitrogens with zero attached hydrogens (tertiary/aromatic N) is 2. The normalized spacial score (nSPS) is 17.1. The van der Waals surface area contributed by atoms with Crippen molar-refractivity contribution in [2.45, 2.75) is 63.5 Å². The van der Waals surface area contributed by atoms with Gasteiger partial charge in [0.25, 0.3) is 5.91 Å². The molecule has 3 rings (SSSR count). The number of para-hydroxylation sites is 2. The van der Waals surface area contributed by atoms with E-state index in [1.54, 1.807) is 19.2 Å². The Morgan fingerprint density at radius 2 is 1.64 bits per heavy atom. The largest absolute Gasteiger partial charge is 0.493 e. The highest BCUT2D eigenvalue weighted by Gasteiger charge is 2.33. The second-order valence-electron chi connectivity index (χ2n) is 7.80. The highest BCUT2D eigenvalue weighted by atomic mass is 16.5. The van der Waals surface area contributed by atoms with Crippen molar-refractivity contribution in [2.24, 2.45) is 0 Å². The minimum atomic E-state index is -0.0680. The summed E-state index contributed by atoms with van der Waals surface area (Å²) in [6, 6.07) is 7.91. The zero-order valence-electron chi connectivity index (χ0n) is 17.1. The number of benzene rings is 1. The monoisotopic (exact) mass is 388 g/mol. The molecule has 2 amide bonds. The molecule has 0 heterocycles. The average molecular weight is 389 g/mol. The lowest BCUT2D eigenvalue weighted by molar-refractivity contribution is -0.136. The Bertz CT molecular complexity index is 668. The summed E-state index contributed by atoms with van der Waals surface area (Å²) in [5.74, 6) is 1.23. The molecule has 6 heteroatoms. The standard InChI is InChI=1S/C22H32N2O4/c1-23(17-8-4-3-5-9-17)21(25)14-15-24(18-12-13-18)22(26)16-28-20-11-7-6-10-19(20)27-2/h6-7,10-11,17-18H,3-5,8-9,12-16H2,1-2H3. The highest BCUT2D eigenvalue weighted by Crippen LogP contribution is 2.29. The van der Waals surface area contributed by atoms with Crippen LogP contribution in [0.1, 0.15) is 51.4 Å². The number of hydrogen-bond donors (Lipinski definition) is 0. The van der Waals surface area contributed by atoms with E-state index in [0.717, 1.165) is 25.7 Å². The third kappa shape index (κ3) is 5.40. The van der Waals surface area contributed by atoms with Crippen LogP contribution in [0.25, 0.3) is 0 Å². The van der Waals surface area contributed by atoms with Crippen LogP contribution < -0.4 is 9.47 Å². The second-order valence-corrected chi connectivity index (χ2v) is 7.80. The fourth-order valence-electron chi connectivity index (χ4n) is 3.92. The van der Waals surface area contributed by atoms with E-state index in [4.69, 9.17) is 9.47 Å². The van der Waals surface area contributed by atoms with Crippen LogP contribution in [0.2, 0.25) is 0 Å². The van der Waals surface area contributed by atoms with Gasteiger partial charge < -0.3 is 19.3 Å². The van der Waals surface area contributed by atoms with Gasteiger partial charge in [0.05, 0.1) is 7.11 Å². The van der Waals surface area contributed by atoms with E-state index >= 15 is 0 Å². The van der Waals surface area contributed by atoms with Gasteiger partial charge in [-0.25, -0.2) is 0 Å². The Kier molecular flexibility index (Phi) is 7.18. The summed E-state index contributed by atoms with van der Waals surface area (Å²) in [4.78, 5) is 29.1. The summed E-state index contributed by atoms with van der Waals surface area (Å²) in [6.07, 6.45) is 8.27. The molecule has 1 aromatic carbocycles. The van der Waals surface area contributed by atoms with E-state index in [1.165, 1.54) is 19.3 Å². The van der Waals surface area contributed by atoms with Gasteiger partial charge in [0.15, 0.2) is 18.1 Å². The number of carbonyl (C=O) groups excluding carboxylic acids is 2. The third-order valence-electron chi connectivity index (χ3n) is 5.81. The van der Waals surface area contributed by atoms with Crippen LogP contribution in [0.5, 0.6) is 11.5 Å². The first-order chi connectivity index (χ1) is 13.6. The van der Waals surface area contributed by atoms with Gasteiger partial charge in [-0.3, -0.25) is 9.59 Å². The van der Waals surface area contributed by atoms with Crippen LogP contribution in [0, 0.1) is 0 Å². The van der Waals surface area contributed by atoms with Crippen molar-refractivity contribution in [1.29, 1.82) is 0 Å². The van der Waals surface area contributed by atoms with Gasteiger partial charge in [-0.2, -0.15) is 0 Å². The first kappa shape index (κ1) is 20.5. The van der Waals surface area contributed by atoms with Crippen LogP contribution in [0.3, 0.4) is 0 Å². The maximum Gasteiger partial charge on any atom is 0.260 e. The molecule has 6 nitrogen and oxygen atoms in total. The molecule has 0 bridgehead atoms. The summed E-state index contributed by atoms with van der Waals surface area (Å²) >= 11 is 0. The van der Waals surface area contributed by atoms with Crippen molar-refractivity contribution in [2.75, 3.05) is 27.3 Å². The molecule has 0 aromatic heterocycles.